The van der Waals surface area contributed by atoms with Crippen molar-refractivity contribution >= 4 is 23.4 Å². The van der Waals surface area contributed by atoms with Gasteiger partial charge in [0.15, 0.2) is 0 Å². The summed E-state index contributed by atoms with van der Waals surface area (Å²) >= 11 is 1.06. The van der Waals surface area contributed by atoms with Gasteiger partial charge >= 0.3 is 6.18 Å². The van der Waals surface area contributed by atoms with E-state index in [9.17, 15) is 18.0 Å². The van der Waals surface area contributed by atoms with E-state index < -0.39 is 22.9 Å². The van der Waals surface area contributed by atoms with Crippen LogP contribution in [-0.4, -0.2) is 25.9 Å². The van der Waals surface area contributed by atoms with E-state index in [-0.39, 0.29) is 5.69 Å². The van der Waals surface area contributed by atoms with Gasteiger partial charge in [0.25, 0.3) is 0 Å². The molecule has 1 atom stereocenters. The Morgan fingerprint density at radius 3 is 2.48 bits per heavy atom. The van der Waals surface area contributed by atoms with Crippen molar-refractivity contribution in [2.75, 3.05) is 5.32 Å². The number of amides is 1. The van der Waals surface area contributed by atoms with Gasteiger partial charge in [-0.25, -0.2) is 9.67 Å². The number of nitrogens with zero attached hydrogens (tertiary/aromatic N) is 3. The Bertz CT molecular complexity index is 928. The molecule has 0 aliphatic heterocycles. The van der Waals surface area contributed by atoms with E-state index in [0.717, 1.165) is 23.5 Å². The maximum Gasteiger partial charge on any atom is 0.418 e. The van der Waals surface area contributed by atoms with Gasteiger partial charge in [-0.2, -0.15) is 13.2 Å². The third kappa shape index (κ3) is 4.68. The number of anilines is 1. The average molecular weight is 392 g/mol. The molecule has 3 aromatic rings. The van der Waals surface area contributed by atoms with E-state index in [4.69, 9.17) is 0 Å². The number of halogens is 3. The minimum absolute atomic E-state index is 0.273. The van der Waals surface area contributed by atoms with E-state index in [0.29, 0.717) is 5.16 Å². The molecule has 1 unspecified atom stereocenters. The van der Waals surface area contributed by atoms with Crippen LogP contribution in [0.4, 0.5) is 18.9 Å². The monoisotopic (exact) mass is 392 g/mol. The van der Waals surface area contributed by atoms with Gasteiger partial charge in [-0.3, -0.25) is 4.79 Å². The van der Waals surface area contributed by atoms with Crippen molar-refractivity contribution in [3.63, 3.8) is 0 Å². The lowest BCUT2D eigenvalue weighted by Crippen LogP contribution is -2.24. The van der Waals surface area contributed by atoms with Crippen molar-refractivity contribution in [1.29, 1.82) is 0 Å². The fourth-order valence-electron chi connectivity index (χ4n) is 2.29. The molecule has 1 N–H and O–H groups in total. The highest BCUT2D eigenvalue weighted by Gasteiger charge is 2.34. The summed E-state index contributed by atoms with van der Waals surface area (Å²) in [6, 6.07) is 14.2. The summed E-state index contributed by atoms with van der Waals surface area (Å²) in [4.78, 5) is 16.4. The van der Waals surface area contributed by atoms with Crippen molar-refractivity contribution < 1.29 is 18.0 Å². The number of alkyl halides is 3. The van der Waals surface area contributed by atoms with E-state index in [1.54, 1.807) is 11.6 Å². The standard InChI is InChI=1S/C18H15F3N4OS/c1-12(16(26)23-15-10-6-5-9-14(15)18(19,20)21)27-17-22-11-25(24-17)13-7-3-2-4-8-13/h2-12H,1H3,(H,23,26). The number of para-hydroxylation sites is 2. The highest BCUT2D eigenvalue weighted by molar-refractivity contribution is 8.00. The first-order chi connectivity index (χ1) is 12.8. The third-order valence-electron chi connectivity index (χ3n) is 3.63. The lowest BCUT2D eigenvalue weighted by atomic mass is 10.1. The molecule has 0 aliphatic rings. The van der Waals surface area contributed by atoms with Crippen LogP contribution < -0.4 is 5.32 Å². The van der Waals surface area contributed by atoms with Crippen LogP contribution in [0.5, 0.6) is 0 Å². The minimum atomic E-state index is -4.55. The molecule has 0 spiro atoms. The number of benzene rings is 2. The first kappa shape index (κ1) is 19.0. The molecule has 140 valence electrons. The third-order valence-corrected chi connectivity index (χ3v) is 4.60. The molecule has 0 fully saturated rings. The highest BCUT2D eigenvalue weighted by atomic mass is 32.2. The largest absolute Gasteiger partial charge is 0.418 e. The Morgan fingerprint density at radius 2 is 1.78 bits per heavy atom. The number of rotatable bonds is 5. The zero-order valence-corrected chi connectivity index (χ0v) is 15.0. The second-order valence-corrected chi connectivity index (χ2v) is 6.91. The van der Waals surface area contributed by atoms with Crippen molar-refractivity contribution in [2.24, 2.45) is 0 Å². The first-order valence-corrected chi connectivity index (χ1v) is 8.83. The fourth-order valence-corrected chi connectivity index (χ4v) is 3.02. The predicted molar refractivity (Wildman–Crippen MR) is 96.8 cm³/mol. The zero-order valence-electron chi connectivity index (χ0n) is 14.1. The molecule has 1 amide bonds. The SMILES string of the molecule is CC(Sc1ncn(-c2ccccc2)n1)C(=O)Nc1ccccc1C(F)(F)F. The Balaban J connectivity index is 1.68. The summed E-state index contributed by atoms with van der Waals surface area (Å²) in [6.07, 6.45) is -3.03. The van der Waals surface area contributed by atoms with Crippen molar-refractivity contribution in [3.8, 4) is 5.69 Å². The van der Waals surface area contributed by atoms with Crippen molar-refractivity contribution in [1.82, 2.24) is 14.8 Å². The molecule has 1 aromatic heterocycles. The maximum atomic E-state index is 13.0. The normalized spacial score (nSPS) is 12.6. The summed E-state index contributed by atoms with van der Waals surface area (Å²) < 4.78 is 40.7. The second-order valence-electron chi connectivity index (χ2n) is 5.60. The highest BCUT2D eigenvalue weighted by Crippen LogP contribution is 2.35. The number of nitrogens with one attached hydrogen (secondary N) is 1. The van der Waals surface area contributed by atoms with Gasteiger partial charge in [0, 0.05) is 0 Å². The molecule has 0 bridgehead atoms. The number of hydrogen-bond donors (Lipinski definition) is 1. The van der Waals surface area contributed by atoms with Crippen LogP contribution >= 0.6 is 11.8 Å². The van der Waals surface area contributed by atoms with Crippen LogP contribution in [0.3, 0.4) is 0 Å². The molecule has 2 aromatic carbocycles. The first-order valence-electron chi connectivity index (χ1n) is 7.95. The summed E-state index contributed by atoms with van der Waals surface area (Å²) in [5.41, 5.74) is -0.347. The van der Waals surface area contributed by atoms with Crippen LogP contribution in [0.25, 0.3) is 5.69 Å². The molecular weight excluding hydrogens is 377 g/mol. The molecule has 0 saturated carbocycles. The smallest absolute Gasteiger partial charge is 0.325 e. The number of carbonyl (C=O) groups excluding carboxylic acids is 1. The van der Waals surface area contributed by atoms with E-state index in [2.05, 4.69) is 15.4 Å². The summed E-state index contributed by atoms with van der Waals surface area (Å²) in [6.45, 7) is 1.58. The van der Waals surface area contributed by atoms with Crippen LogP contribution in [0.15, 0.2) is 66.1 Å². The summed E-state index contributed by atoms with van der Waals surface area (Å²) in [5, 5.41) is 6.28. The molecule has 0 aliphatic carbocycles. The summed E-state index contributed by atoms with van der Waals surface area (Å²) in [7, 11) is 0. The summed E-state index contributed by atoms with van der Waals surface area (Å²) in [5.74, 6) is -0.562. The van der Waals surface area contributed by atoms with Gasteiger partial charge in [-0.05, 0) is 31.2 Å². The van der Waals surface area contributed by atoms with E-state index in [1.807, 2.05) is 30.3 Å². The molecular formula is C18H15F3N4OS. The number of carbonyl (C=O) groups is 1. The predicted octanol–water partition coefficient (Wildman–Crippen LogP) is 4.41. The molecule has 0 radical (unpaired) electrons. The van der Waals surface area contributed by atoms with Crippen molar-refractivity contribution in [3.05, 3.63) is 66.5 Å². The second kappa shape index (κ2) is 7.83. The van der Waals surface area contributed by atoms with Crippen LogP contribution in [-0.2, 0) is 11.0 Å². The van der Waals surface area contributed by atoms with Gasteiger partial charge < -0.3 is 5.32 Å². The average Bonchev–Trinajstić information content (AvgIpc) is 3.10. The van der Waals surface area contributed by atoms with E-state index in [1.165, 1.54) is 24.5 Å². The van der Waals surface area contributed by atoms with Gasteiger partial charge in [-0.1, -0.05) is 42.1 Å². The zero-order chi connectivity index (χ0) is 19.4. The number of hydrogen-bond acceptors (Lipinski definition) is 4. The fraction of sp³-hybridized carbons (Fsp3) is 0.167. The van der Waals surface area contributed by atoms with Crippen LogP contribution in [0.1, 0.15) is 12.5 Å². The Hall–Kier alpha value is -2.81. The topological polar surface area (TPSA) is 59.8 Å². The quantitative estimate of drug-likeness (QED) is 0.654. The Morgan fingerprint density at radius 1 is 1.11 bits per heavy atom. The molecule has 3 rings (SSSR count). The Kier molecular flexibility index (Phi) is 5.50. The number of thioether (sulfide) groups is 1. The van der Waals surface area contributed by atoms with E-state index >= 15 is 0 Å². The number of aromatic nitrogens is 3. The van der Waals surface area contributed by atoms with Gasteiger partial charge in [0.2, 0.25) is 11.1 Å². The Labute approximate surface area is 157 Å². The maximum absolute atomic E-state index is 13.0. The van der Waals surface area contributed by atoms with Gasteiger partial charge in [-0.15, -0.1) is 5.10 Å². The molecule has 27 heavy (non-hydrogen) atoms. The lowest BCUT2D eigenvalue weighted by molar-refractivity contribution is -0.137. The molecule has 0 saturated heterocycles. The molecule has 5 nitrogen and oxygen atoms in total. The van der Waals surface area contributed by atoms with Crippen LogP contribution in [0, 0.1) is 0 Å². The van der Waals surface area contributed by atoms with Gasteiger partial charge in [0.1, 0.15) is 6.33 Å². The lowest BCUT2D eigenvalue weighted by Gasteiger charge is -2.15. The molecule has 1 heterocycles. The van der Waals surface area contributed by atoms with Gasteiger partial charge in [0.05, 0.1) is 22.2 Å². The molecule has 9 heteroatoms. The van der Waals surface area contributed by atoms with Crippen LogP contribution in [0.2, 0.25) is 0 Å². The van der Waals surface area contributed by atoms with Crippen molar-refractivity contribution in [2.45, 2.75) is 23.5 Å². The minimum Gasteiger partial charge on any atom is -0.325 e.